The monoisotopic (exact) mass is 286 g/mol. The van der Waals surface area contributed by atoms with Gasteiger partial charge in [0.25, 0.3) is 0 Å². The molecule has 3 N–H and O–H groups in total. The molecule has 1 aliphatic heterocycles. The lowest BCUT2D eigenvalue weighted by atomic mass is 10.0. The highest BCUT2D eigenvalue weighted by Crippen LogP contribution is 2.22. The van der Waals surface area contributed by atoms with E-state index >= 15 is 0 Å². The maximum atomic E-state index is 5.69. The van der Waals surface area contributed by atoms with Crippen LogP contribution in [0.3, 0.4) is 0 Å². The minimum absolute atomic E-state index is 0.0449. The van der Waals surface area contributed by atoms with Gasteiger partial charge in [-0.25, -0.2) is 4.98 Å². The van der Waals surface area contributed by atoms with Gasteiger partial charge in [0.2, 0.25) is 0 Å². The van der Waals surface area contributed by atoms with Crippen LogP contribution in [0, 0.1) is 0 Å². The Morgan fingerprint density at radius 1 is 1.33 bits per heavy atom. The highest BCUT2D eigenvalue weighted by Gasteiger charge is 2.17. The van der Waals surface area contributed by atoms with Crippen molar-refractivity contribution >= 4 is 11.0 Å². The molecular weight excluding hydrogens is 264 g/mol. The quantitative estimate of drug-likeness (QED) is 0.630. The molecule has 0 spiro atoms. The van der Waals surface area contributed by atoms with E-state index < -0.39 is 0 Å². The van der Waals surface area contributed by atoms with Crippen LogP contribution in [0.25, 0.3) is 11.0 Å². The van der Waals surface area contributed by atoms with Crippen LogP contribution in [0.2, 0.25) is 0 Å². The summed E-state index contributed by atoms with van der Waals surface area (Å²) >= 11 is 0. The van der Waals surface area contributed by atoms with Gasteiger partial charge in [-0.3, -0.25) is 16.3 Å². The van der Waals surface area contributed by atoms with E-state index in [1.165, 1.54) is 12.8 Å². The van der Waals surface area contributed by atoms with E-state index in [2.05, 4.69) is 15.4 Å². The van der Waals surface area contributed by atoms with Gasteiger partial charge >= 0.3 is 0 Å². The number of hydrogen-bond acceptors (Lipinski definition) is 5. The predicted octanol–water partition coefficient (Wildman–Crippen LogP) is 2.48. The Balaban J connectivity index is 1.63. The number of fused-ring (bicyclic) bond motifs is 1. The highest BCUT2D eigenvalue weighted by molar-refractivity contribution is 5.73. The molecule has 0 aliphatic carbocycles. The number of hydrazine groups is 1. The number of nitrogens with two attached hydrogens (primary N) is 1. The summed E-state index contributed by atoms with van der Waals surface area (Å²) in [7, 11) is 0. The van der Waals surface area contributed by atoms with Gasteiger partial charge in [0.15, 0.2) is 0 Å². The van der Waals surface area contributed by atoms with E-state index in [0.717, 1.165) is 42.6 Å². The number of hydrogen-bond donors (Lipinski definition) is 2. The summed E-state index contributed by atoms with van der Waals surface area (Å²) in [6.45, 7) is 0.916. The van der Waals surface area contributed by atoms with Crippen LogP contribution >= 0.6 is 0 Å². The lowest BCUT2D eigenvalue weighted by molar-refractivity contribution is 0.101. The Hall–Kier alpha value is -1.56. The molecule has 0 bridgehead atoms. The molecule has 2 atom stereocenters. The van der Waals surface area contributed by atoms with Crippen LogP contribution in [0.4, 0.5) is 0 Å². The average Bonchev–Trinajstić information content (AvgIpc) is 3.04. The zero-order valence-electron chi connectivity index (χ0n) is 12.2. The van der Waals surface area contributed by atoms with Crippen molar-refractivity contribution in [3.63, 3.8) is 0 Å². The van der Waals surface area contributed by atoms with Gasteiger partial charge < -0.3 is 4.74 Å². The third-order valence-corrected chi connectivity index (χ3v) is 4.07. The molecule has 0 radical (unpaired) electrons. The molecule has 1 saturated heterocycles. The van der Waals surface area contributed by atoms with Crippen LogP contribution in [-0.2, 0) is 4.74 Å². The fourth-order valence-corrected chi connectivity index (χ4v) is 2.88. The molecule has 1 aromatic carbocycles. The van der Waals surface area contributed by atoms with E-state index in [1.54, 1.807) is 0 Å². The van der Waals surface area contributed by atoms with E-state index in [9.17, 15) is 0 Å². The molecule has 1 fully saturated rings. The lowest BCUT2D eigenvalue weighted by Gasteiger charge is -2.16. The highest BCUT2D eigenvalue weighted by atomic mass is 16.5. The van der Waals surface area contributed by atoms with Crippen molar-refractivity contribution in [1.82, 2.24) is 15.4 Å². The Morgan fingerprint density at radius 3 is 2.95 bits per heavy atom. The third-order valence-electron chi connectivity index (χ3n) is 4.07. The van der Waals surface area contributed by atoms with Gasteiger partial charge in [0, 0.05) is 6.61 Å². The molecule has 5 heteroatoms. The molecule has 3 rings (SSSR count). The van der Waals surface area contributed by atoms with Gasteiger partial charge in [-0.2, -0.15) is 0 Å². The molecule has 1 aromatic heterocycles. The van der Waals surface area contributed by atoms with Crippen molar-refractivity contribution in [2.24, 2.45) is 5.84 Å². The van der Waals surface area contributed by atoms with E-state index in [-0.39, 0.29) is 6.04 Å². The molecular formula is C16H22N4O. The summed E-state index contributed by atoms with van der Waals surface area (Å²) in [4.78, 5) is 9.11. The first-order valence-corrected chi connectivity index (χ1v) is 7.66. The maximum Gasteiger partial charge on any atom is 0.0890 e. The minimum atomic E-state index is 0.0449. The first-order valence-electron chi connectivity index (χ1n) is 7.66. The molecule has 0 amide bonds. The van der Waals surface area contributed by atoms with Crippen molar-refractivity contribution in [3.05, 3.63) is 36.2 Å². The molecule has 1 aliphatic rings. The van der Waals surface area contributed by atoms with Crippen LogP contribution in [0.5, 0.6) is 0 Å². The number of aromatic nitrogens is 2. The average molecular weight is 286 g/mol. The van der Waals surface area contributed by atoms with Crippen LogP contribution in [0.15, 0.2) is 30.5 Å². The summed E-state index contributed by atoms with van der Waals surface area (Å²) in [5, 5.41) is 0. The Labute approximate surface area is 124 Å². The summed E-state index contributed by atoms with van der Waals surface area (Å²) < 4.78 is 5.65. The third kappa shape index (κ3) is 3.56. The molecule has 0 saturated carbocycles. The first-order chi connectivity index (χ1) is 10.4. The summed E-state index contributed by atoms with van der Waals surface area (Å²) in [6.07, 6.45) is 7.76. The van der Waals surface area contributed by atoms with Crippen molar-refractivity contribution < 1.29 is 4.74 Å². The Morgan fingerprint density at radius 2 is 2.19 bits per heavy atom. The van der Waals surface area contributed by atoms with Crippen molar-refractivity contribution in [3.8, 4) is 0 Å². The normalized spacial score (nSPS) is 20.0. The second-order valence-corrected chi connectivity index (χ2v) is 5.57. The maximum absolute atomic E-state index is 5.69. The SMILES string of the molecule is NNC(CCCC1CCCO1)c1cnc2ccccc2n1. The second kappa shape index (κ2) is 6.93. The summed E-state index contributed by atoms with van der Waals surface area (Å²) in [5.41, 5.74) is 5.60. The van der Waals surface area contributed by atoms with Gasteiger partial charge in [0.05, 0.1) is 35.1 Å². The zero-order chi connectivity index (χ0) is 14.5. The largest absolute Gasteiger partial charge is 0.378 e. The van der Waals surface area contributed by atoms with Crippen LogP contribution < -0.4 is 11.3 Å². The van der Waals surface area contributed by atoms with Crippen molar-refractivity contribution in [1.29, 1.82) is 0 Å². The second-order valence-electron chi connectivity index (χ2n) is 5.57. The summed E-state index contributed by atoms with van der Waals surface area (Å²) in [6, 6.07) is 7.93. The fraction of sp³-hybridized carbons (Fsp3) is 0.500. The molecule has 112 valence electrons. The molecule has 2 unspecified atom stereocenters. The van der Waals surface area contributed by atoms with Crippen molar-refractivity contribution in [2.75, 3.05) is 6.61 Å². The smallest absolute Gasteiger partial charge is 0.0890 e. The predicted molar refractivity (Wildman–Crippen MR) is 82.4 cm³/mol. The number of nitrogens with zero attached hydrogens (tertiary/aromatic N) is 2. The van der Waals surface area contributed by atoms with Gasteiger partial charge in [-0.15, -0.1) is 0 Å². The van der Waals surface area contributed by atoms with Crippen LogP contribution in [-0.4, -0.2) is 22.7 Å². The van der Waals surface area contributed by atoms with E-state index in [4.69, 9.17) is 10.6 Å². The zero-order valence-corrected chi connectivity index (χ0v) is 12.2. The molecule has 2 aromatic rings. The Bertz CT molecular complexity index is 583. The molecule has 5 nitrogen and oxygen atoms in total. The topological polar surface area (TPSA) is 73.1 Å². The van der Waals surface area contributed by atoms with Gasteiger partial charge in [0.1, 0.15) is 0 Å². The lowest BCUT2D eigenvalue weighted by Crippen LogP contribution is -2.29. The fourth-order valence-electron chi connectivity index (χ4n) is 2.88. The standard InChI is InChI=1S/C16H22N4O/c17-20-15(9-3-5-12-6-4-10-21-12)16-11-18-13-7-1-2-8-14(13)19-16/h1-2,7-8,11-12,15,20H,3-6,9-10,17H2. The number of nitrogens with one attached hydrogen (secondary N) is 1. The number of rotatable bonds is 6. The van der Waals surface area contributed by atoms with Crippen LogP contribution in [0.1, 0.15) is 43.8 Å². The molecule has 21 heavy (non-hydrogen) atoms. The summed E-state index contributed by atoms with van der Waals surface area (Å²) in [5.74, 6) is 5.69. The first kappa shape index (κ1) is 14.4. The minimum Gasteiger partial charge on any atom is -0.378 e. The van der Waals surface area contributed by atoms with Gasteiger partial charge in [-0.05, 0) is 44.2 Å². The number of para-hydroxylation sites is 2. The van der Waals surface area contributed by atoms with E-state index in [0.29, 0.717) is 6.10 Å². The Kier molecular flexibility index (Phi) is 4.75. The van der Waals surface area contributed by atoms with E-state index in [1.807, 2.05) is 30.5 Å². The van der Waals surface area contributed by atoms with Gasteiger partial charge in [-0.1, -0.05) is 12.1 Å². The molecule has 2 heterocycles. The number of benzene rings is 1. The number of ether oxygens (including phenoxy) is 1. The van der Waals surface area contributed by atoms with Crippen molar-refractivity contribution in [2.45, 2.75) is 44.2 Å².